The summed E-state index contributed by atoms with van der Waals surface area (Å²) in [4.78, 5) is 2.27. The van der Waals surface area contributed by atoms with Crippen molar-refractivity contribution in [2.75, 3.05) is 18.9 Å². The fraction of sp³-hybridized carbons (Fsp3) is 0.333. The van der Waals surface area contributed by atoms with Gasteiger partial charge in [-0.2, -0.15) is 13.2 Å². The van der Waals surface area contributed by atoms with E-state index in [1.54, 1.807) is 12.1 Å². The van der Waals surface area contributed by atoms with Gasteiger partial charge in [0, 0.05) is 32.4 Å². The summed E-state index contributed by atoms with van der Waals surface area (Å²) in [5.41, 5.74) is 4.04. The Morgan fingerprint density at radius 3 is 2.43 bits per heavy atom. The van der Waals surface area contributed by atoms with E-state index in [0.717, 1.165) is 42.9 Å². The van der Waals surface area contributed by atoms with Crippen LogP contribution in [0.2, 0.25) is 0 Å². The number of anilines is 1. The minimum Gasteiger partial charge on any atom is -0.388 e. The van der Waals surface area contributed by atoms with Crippen LogP contribution in [0, 0.1) is 0 Å². The maximum atomic E-state index is 12.6. The Morgan fingerprint density at radius 1 is 1.04 bits per heavy atom. The third-order valence-electron chi connectivity index (χ3n) is 4.27. The Balaban J connectivity index is 1.69. The number of hydrogen-bond acceptors (Lipinski definition) is 2. The van der Waals surface area contributed by atoms with E-state index in [1.165, 1.54) is 11.1 Å². The number of fused-ring (bicyclic) bond motifs is 1. The first-order chi connectivity index (χ1) is 11.0. The van der Waals surface area contributed by atoms with Gasteiger partial charge < -0.3 is 5.32 Å². The van der Waals surface area contributed by atoms with E-state index in [0.29, 0.717) is 6.54 Å². The molecule has 0 aromatic heterocycles. The molecule has 0 atom stereocenters. The second kappa shape index (κ2) is 6.24. The Hall–Kier alpha value is -2.01. The monoisotopic (exact) mass is 320 g/mol. The van der Waals surface area contributed by atoms with Crippen LogP contribution in [0.1, 0.15) is 22.3 Å². The van der Waals surface area contributed by atoms with Gasteiger partial charge in [-0.25, -0.2) is 0 Å². The minimum absolute atomic E-state index is 0.594. The molecule has 1 heterocycles. The van der Waals surface area contributed by atoms with Crippen molar-refractivity contribution in [3.63, 3.8) is 0 Å². The molecular weight excluding hydrogens is 301 g/mol. The number of benzene rings is 2. The summed E-state index contributed by atoms with van der Waals surface area (Å²) in [6.45, 7) is 2.42. The highest BCUT2D eigenvalue weighted by Crippen LogP contribution is 2.29. The third kappa shape index (κ3) is 3.67. The van der Waals surface area contributed by atoms with Gasteiger partial charge >= 0.3 is 6.18 Å². The Kier molecular flexibility index (Phi) is 4.31. The first-order valence-electron chi connectivity index (χ1n) is 7.64. The van der Waals surface area contributed by atoms with Crippen LogP contribution >= 0.6 is 0 Å². The molecule has 0 saturated carbocycles. The molecule has 2 aromatic rings. The number of nitrogens with zero attached hydrogens (tertiary/aromatic N) is 1. The first-order valence-corrected chi connectivity index (χ1v) is 7.64. The molecule has 0 aliphatic carbocycles. The van der Waals surface area contributed by atoms with Crippen LogP contribution in [0.25, 0.3) is 0 Å². The molecule has 23 heavy (non-hydrogen) atoms. The lowest BCUT2D eigenvalue weighted by atomic mass is 9.98. The molecule has 1 aliphatic heterocycles. The molecule has 0 saturated heterocycles. The van der Waals surface area contributed by atoms with E-state index >= 15 is 0 Å². The molecule has 0 bridgehead atoms. The Bertz CT molecular complexity index is 678. The van der Waals surface area contributed by atoms with Gasteiger partial charge in [0.1, 0.15) is 0 Å². The van der Waals surface area contributed by atoms with Crippen molar-refractivity contribution < 1.29 is 13.2 Å². The lowest BCUT2D eigenvalue weighted by molar-refractivity contribution is -0.137. The van der Waals surface area contributed by atoms with Crippen LogP contribution in [0.3, 0.4) is 0 Å². The van der Waals surface area contributed by atoms with Gasteiger partial charge in [-0.15, -0.1) is 0 Å². The van der Waals surface area contributed by atoms with Crippen molar-refractivity contribution in [3.8, 4) is 0 Å². The summed E-state index contributed by atoms with van der Waals surface area (Å²) >= 11 is 0. The molecule has 122 valence electrons. The van der Waals surface area contributed by atoms with Crippen molar-refractivity contribution >= 4 is 5.69 Å². The zero-order valence-electron chi connectivity index (χ0n) is 13.0. The fourth-order valence-electron chi connectivity index (χ4n) is 2.96. The summed E-state index contributed by atoms with van der Waals surface area (Å²) in [6.07, 6.45) is -3.30. The highest BCUT2D eigenvalue weighted by molar-refractivity contribution is 5.49. The SMILES string of the molecule is CNc1ccc2c(c1)CN(Cc1ccc(C(F)(F)F)cc1)CC2. The molecular formula is C18H19F3N2. The molecule has 2 nitrogen and oxygen atoms in total. The molecule has 2 aromatic carbocycles. The van der Waals surface area contributed by atoms with Gasteiger partial charge in [0.05, 0.1) is 5.56 Å². The van der Waals surface area contributed by atoms with Crippen LogP contribution in [-0.2, 0) is 25.7 Å². The van der Waals surface area contributed by atoms with Crippen LogP contribution in [0.5, 0.6) is 0 Å². The summed E-state index contributed by atoms with van der Waals surface area (Å²) in [6, 6.07) is 11.8. The van der Waals surface area contributed by atoms with E-state index in [-0.39, 0.29) is 0 Å². The molecule has 0 spiro atoms. The molecule has 1 aliphatic rings. The lowest BCUT2D eigenvalue weighted by Crippen LogP contribution is -2.30. The molecule has 3 rings (SSSR count). The number of halogens is 3. The fourth-order valence-corrected chi connectivity index (χ4v) is 2.96. The maximum Gasteiger partial charge on any atom is 0.416 e. The lowest BCUT2D eigenvalue weighted by Gasteiger charge is -2.29. The zero-order valence-corrected chi connectivity index (χ0v) is 13.0. The quantitative estimate of drug-likeness (QED) is 0.907. The van der Waals surface area contributed by atoms with Crippen molar-refractivity contribution in [1.82, 2.24) is 4.90 Å². The molecule has 5 heteroatoms. The van der Waals surface area contributed by atoms with Gasteiger partial charge in [0.25, 0.3) is 0 Å². The van der Waals surface area contributed by atoms with Gasteiger partial charge in [0.2, 0.25) is 0 Å². The van der Waals surface area contributed by atoms with Gasteiger partial charge in [-0.3, -0.25) is 4.90 Å². The van der Waals surface area contributed by atoms with E-state index in [4.69, 9.17) is 0 Å². The van der Waals surface area contributed by atoms with E-state index in [1.807, 2.05) is 7.05 Å². The average molecular weight is 320 g/mol. The van der Waals surface area contributed by atoms with Crippen LogP contribution < -0.4 is 5.32 Å². The van der Waals surface area contributed by atoms with E-state index < -0.39 is 11.7 Å². The standard InChI is InChI=1S/C18H19F3N2/c1-22-17-7-4-14-8-9-23(12-15(14)10-17)11-13-2-5-16(6-3-13)18(19,20)21/h2-7,10,22H,8-9,11-12H2,1H3. The van der Waals surface area contributed by atoms with Gasteiger partial charge in [-0.05, 0) is 47.4 Å². The Labute approximate surface area is 133 Å². The first kappa shape index (κ1) is 15.9. The second-order valence-electron chi connectivity index (χ2n) is 5.89. The van der Waals surface area contributed by atoms with Gasteiger partial charge in [-0.1, -0.05) is 18.2 Å². The topological polar surface area (TPSA) is 15.3 Å². The van der Waals surface area contributed by atoms with Crippen molar-refractivity contribution in [1.29, 1.82) is 0 Å². The zero-order chi connectivity index (χ0) is 16.4. The third-order valence-corrected chi connectivity index (χ3v) is 4.27. The normalized spacial score (nSPS) is 15.3. The van der Waals surface area contributed by atoms with Crippen LogP contribution in [0.4, 0.5) is 18.9 Å². The summed E-state index contributed by atoms with van der Waals surface area (Å²) < 4.78 is 37.8. The predicted molar refractivity (Wildman–Crippen MR) is 85.3 cm³/mol. The van der Waals surface area contributed by atoms with Crippen molar-refractivity contribution in [2.45, 2.75) is 25.7 Å². The highest BCUT2D eigenvalue weighted by atomic mass is 19.4. The summed E-state index contributed by atoms with van der Waals surface area (Å²) in [5, 5.41) is 3.14. The predicted octanol–water partition coefficient (Wildman–Crippen LogP) is 4.31. The van der Waals surface area contributed by atoms with Crippen molar-refractivity contribution in [2.24, 2.45) is 0 Å². The Morgan fingerprint density at radius 2 is 1.78 bits per heavy atom. The van der Waals surface area contributed by atoms with E-state index in [9.17, 15) is 13.2 Å². The maximum absolute atomic E-state index is 12.6. The summed E-state index contributed by atoms with van der Waals surface area (Å²) in [5.74, 6) is 0. The molecule has 0 fully saturated rings. The molecule has 0 radical (unpaired) electrons. The molecule has 0 unspecified atom stereocenters. The van der Waals surface area contributed by atoms with E-state index in [2.05, 4.69) is 28.4 Å². The number of rotatable bonds is 3. The highest BCUT2D eigenvalue weighted by Gasteiger charge is 2.30. The number of alkyl halides is 3. The second-order valence-corrected chi connectivity index (χ2v) is 5.89. The van der Waals surface area contributed by atoms with Crippen molar-refractivity contribution in [3.05, 3.63) is 64.7 Å². The molecule has 0 amide bonds. The number of hydrogen-bond donors (Lipinski definition) is 1. The smallest absolute Gasteiger partial charge is 0.388 e. The largest absolute Gasteiger partial charge is 0.416 e. The minimum atomic E-state index is -4.27. The summed E-state index contributed by atoms with van der Waals surface area (Å²) in [7, 11) is 1.89. The average Bonchev–Trinajstić information content (AvgIpc) is 2.54. The number of nitrogens with one attached hydrogen (secondary N) is 1. The molecule has 1 N–H and O–H groups in total. The van der Waals surface area contributed by atoms with Crippen LogP contribution in [-0.4, -0.2) is 18.5 Å². The van der Waals surface area contributed by atoms with Crippen LogP contribution in [0.15, 0.2) is 42.5 Å². The van der Waals surface area contributed by atoms with Gasteiger partial charge in [0.15, 0.2) is 0 Å².